The summed E-state index contributed by atoms with van der Waals surface area (Å²) in [4.78, 5) is 65.5. The van der Waals surface area contributed by atoms with Crippen LogP contribution in [0.15, 0.2) is 12.5 Å². The molecule has 1 rings (SSSR count). The Labute approximate surface area is 170 Å². The minimum Gasteiger partial charge on any atom is -0.480 e. The molecule has 0 aliphatic heterocycles. The lowest BCUT2D eigenvalue weighted by Gasteiger charge is -2.23. The third kappa shape index (κ3) is 8.24. The highest BCUT2D eigenvalue weighted by molar-refractivity contribution is 5.94. The van der Waals surface area contributed by atoms with Gasteiger partial charge in [-0.2, -0.15) is 0 Å². The summed E-state index contributed by atoms with van der Waals surface area (Å²) in [5.74, 6) is -4.59. The van der Waals surface area contributed by atoms with Gasteiger partial charge < -0.3 is 42.6 Å². The van der Waals surface area contributed by atoms with Crippen molar-refractivity contribution in [3.05, 3.63) is 18.2 Å². The molecule has 0 saturated carbocycles. The molecule has 1 heterocycles. The Kier molecular flexibility index (Phi) is 9.91. The topological polar surface area (TPSA) is 243 Å². The van der Waals surface area contributed by atoms with E-state index in [1.54, 1.807) is 0 Å². The number of amides is 4. The average Bonchev–Trinajstić information content (AvgIpc) is 3.20. The minimum absolute atomic E-state index is 0.00385. The second-order valence-electron chi connectivity index (χ2n) is 6.25. The molecule has 0 radical (unpaired) electrons. The molecule has 0 spiro atoms. The van der Waals surface area contributed by atoms with Crippen LogP contribution in [0.1, 0.15) is 18.5 Å². The standard InChI is InChI=1S/C16H25N7O7/c17-4-13(26)21-10(3-8-5-19-7-20-8)15(28)22-9(1-2-12(18)25)14(27)23-11(6-24)16(29)30/h5,7,9-11,24H,1-4,6,17H2,(H2,18,25)(H,19,20)(H,21,26)(H,22,28)(H,23,27)(H,29,30). The zero-order valence-corrected chi connectivity index (χ0v) is 16.0. The van der Waals surface area contributed by atoms with Crippen LogP contribution >= 0.6 is 0 Å². The second kappa shape index (κ2) is 12.1. The van der Waals surface area contributed by atoms with Gasteiger partial charge in [0.05, 0.1) is 19.5 Å². The Morgan fingerprint density at radius 3 is 2.20 bits per heavy atom. The molecule has 1 aromatic rings. The highest BCUT2D eigenvalue weighted by Crippen LogP contribution is 2.03. The summed E-state index contributed by atoms with van der Waals surface area (Å²) >= 11 is 0. The van der Waals surface area contributed by atoms with Crippen LogP contribution in [0.4, 0.5) is 0 Å². The summed E-state index contributed by atoms with van der Waals surface area (Å²) < 4.78 is 0. The number of primary amides is 1. The van der Waals surface area contributed by atoms with Crippen LogP contribution in [0.25, 0.3) is 0 Å². The van der Waals surface area contributed by atoms with E-state index in [-0.39, 0.29) is 25.8 Å². The van der Waals surface area contributed by atoms with E-state index in [1.165, 1.54) is 12.5 Å². The van der Waals surface area contributed by atoms with Gasteiger partial charge in [-0.15, -0.1) is 0 Å². The predicted octanol–water partition coefficient (Wildman–Crippen LogP) is -4.29. The number of H-pyrrole nitrogens is 1. The Hall–Kier alpha value is -3.52. The first-order chi connectivity index (χ1) is 14.2. The molecule has 0 bridgehead atoms. The van der Waals surface area contributed by atoms with E-state index in [0.717, 1.165) is 0 Å². The van der Waals surface area contributed by atoms with Gasteiger partial charge in [0, 0.05) is 24.7 Å². The number of carboxylic acids is 1. The summed E-state index contributed by atoms with van der Waals surface area (Å²) in [6.07, 6.45) is 2.29. The van der Waals surface area contributed by atoms with Crippen LogP contribution in [-0.2, 0) is 30.4 Å². The molecule has 0 aromatic carbocycles. The van der Waals surface area contributed by atoms with Crippen LogP contribution < -0.4 is 27.4 Å². The Bertz CT molecular complexity index is 753. The third-order valence-corrected chi connectivity index (χ3v) is 3.93. The molecule has 4 amide bonds. The fourth-order valence-corrected chi connectivity index (χ4v) is 2.36. The van der Waals surface area contributed by atoms with Gasteiger partial charge >= 0.3 is 5.97 Å². The maximum atomic E-state index is 12.7. The van der Waals surface area contributed by atoms with Gasteiger partial charge in [0.25, 0.3) is 0 Å². The van der Waals surface area contributed by atoms with Crippen molar-refractivity contribution >= 4 is 29.6 Å². The normalized spacial score (nSPS) is 13.5. The number of rotatable bonds is 13. The molecular weight excluding hydrogens is 402 g/mol. The van der Waals surface area contributed by atoms with E-state index < -0.39 is 54.3 Å². The monoisotopic (exact) mass is 427 g/mol. The van der Waals surface area contributed by atoms with Crippen LogP contribution in [0.3, 0.4) is 0 Å². The van der Waals surface area contributed by atoms with Gasteiger partial charge in [-0.1, -0.05) is 0 Å². The number of aromatic nitrogens is 2. The number of carbonyl (C=O) groups excluding carboxylic acids is 4. The van der Waals surface area contributed by atoms with Crippen molar-refractivity contribution in [1.82, 2.24) is 25.9 Å². The van der Waals surface area contributed by atoms with E-state index in [4.69, 9.17) is 21.7 Å². The van der Waals surface area contributed by atoms with Gasteiger partial charge in [-0.3, -0.25) is 19.2 Å². The zero-order chi connectivity index (χ0) is 22.7. The number of aliphatic carboxylic acids is 1. The summed E-state index contributed by atoms with van der Waals surface area (Å²) in [5.41, 5.74) is 10.9. The van der Waals surface area contributed by atoms with Crippen molar-refractivity contribution in [3.8, 4) is 0 Å². The summed E-state index contributed by atoms with van der Waals surface area (Å²) in [5, 5.41) is 24.8. The molecule has 0 aliphatic rings. The molecule has 14 heteroatoms. The molecule has 0 fully saturated rings. The van der Waals surface area contributed by atoms with Gasteiger partial charge in [0.15, 0.2) is 0 Å². The number of nitrogens with zero attached hydrogens (tertiary/aromatic N) is 1. The number of nitrogens with two attached hydrogens (primary N) is 2. The molecular formula is C16H25N7O7. The lowest BCUT2D eigenvalue weighted by atomic mass is 10.1. The Morgan fingerprint density at radius 2 is 1.70 bits per heavy atom. The van der Waals surface area contributed by atoms with Crippen molar-refractivity contribution < 1.29 is 34.2 Å². The van der Waals surface area contributed by atoms with Crippen LogP contribution in [0.5, 0.6) is 0 Å². The second-order valence-corrected chi connectivity index (χ2v) is 6.25. The van der Waals surface area contributed by atoms with E-state index in [2.05, 4.69) is 25.9 Å². The van der Waals surface area contributed by atoms with Gasteiger partial charge in [-0.25, -0.2) is 9.78 Å². The molecule has 3 unspecified atom stereocenters. The smallest absolute Gasteiger partial charge is 0.328 e. The number of imidazole rings is 1. The number of aliphatic hydroxyl groups excluding tert-OH is 1. The summed E-state index contributed by atoms with van der Waals surface area (Å²) in [6.45, 7) is -1.26. The van der Waals surface area contributed by atoms with E-state index in [1.807, 2.05) is 0 Å². The van der Waals surface area contributed by atoms with Crippen molar-refractivity contribution in [1.29, 1.82) is 0 Å². The molecule has 166 valence electrons. The fourth-order valence-electron chi connectivity index (χ4n) is 2.36. The average molecular weight is 427 g/mol. The minimum atomic E-state index is -1.61. The number of aromatic amines is 1. The summed E-state index contributed by atoms with van der Waals surface area (Å²) in [6, 6.07) is -4.10. The van der Waals surface area contributed by atoms with Crippen LogP contribution in [-0.4, -0.2) is 81.1 Å². The van der Waals surface area contributed by atoms with E-state index in [9.17, 15) is 24.0 Å². The number of carboxylic acid groups (broad SMARTS) is 1. The first kappa shape index (κ1) is 24.5. The number of aliphatic hydroxyl groups is 1. The third-order valence-electron chi connectivity index (χ3n) is 3.93. The highest BCUT2D eigenvalue weighted by atomic mass is 16.4. The van der Waals surface area contributed by atoms with Crippen molar-refractivity contribution in [2.24, 2.45) is 11.5 Å². The SMILES string of the molecule is NCC(=O)NC(Cc1cnc[nH]1)C(=O)NC(CCC(N)=O)C(=O)NC(CO)C(=O)O. The highest BCUT2D eigenvalue weighted by Gasteiger charge is 2.29. The first-order valence-corrected chi connectivity index (χ1v) is 8.87. The Morgan fingerprint density at radius 1 is 1.07 bits per heavy atom. The molecule has 0 saturated heterocycles. The van der Waals surface area contributed by atoms with Crippen molar-refractivity contribution in [2.75, 3.05) is 13.2 Å². The Balaban J connectivity index is 2.96. The number of hydrogen-bond acceptors (Lipinski definition) is 8. The van der Waals surface area contributed by atoms with E-state index in [0.29, 0.717) is 5.69 Å². The number of nitrogens with one attached hydrogen (secondary N) is 4. The maximum absolute atomic E-state index is 12.7. The lowest BCUT2D eigenvalue weighted by molar-refractivity contribution is -0.143. The van der Waals surface area contributed by atoms with Gasteiger partial charge in [0.1, 0.15) is 18.1 Å². The molecule has 0 aliphatic carbocycles. The molecule has 1 aromatic heterocycles. The quantitative estimate of drug-likeness (QED) is 0.151. The molecule has 14 nitrogen and oxygen atoms in total. The largest absolute Gasteiger partial charge is 0.480 e. The molecule has 30 heavy (non-hydrogen) atoms. The van der Waals surface area contributed by atoms with Crippen LogP contribution in [0.2, 0.25) is 0 Å². The fraction of sp³-hybridized carbons (Fsp3) is 0.500. The van der Waals surface area contributed by atoms with E-state index >= 15 is 0 Å². The first-order valence-electron chi connectivity index (χ1n) is 8.87. The van der Waals surface area contributed by atoms with Gasteiger partial charge in [0.2, 0.25) is 23.6 Å². The number of hydrogen-bond donors (Lipinski definition) is 8. The zero-order valence-electron chi connectivity index (χ0n) is 16.0. The summed E-state index contributed by atoms with van der Waals surface area (Å²) in [7, 11) is 0. The molecule has 3 atom stereocenters. The van der Waals surface area contributed by atoms with Crippen LogP contribution in [0, 0.1) is 0 Å². The maximum Gasteiger partial charge on any atom is 0.328 e. The predicted molar refractivity (Wildman–Crippen MR) is 100 cm³/mol. The number of carbonyl (C=O) groups is 5. The molecule has 10 N–H and O–H groups in total. The lowest BCUT2D eigenvalue weighted by Crippen LogP contribution is -2.57. The van der Waals surface area contributed by atoms with Crippen molar-refractivity contribution in [3.63, 3.8) is 0 Å². The van der Waals surface area contributed by atoms with Gasteiger partial charge in [-0.05, 0) is 6.42 Å². The van der Waals surface area contributed by atoms with Crippen molar-refractivity contribution in [2.45, 2.75) is 37.4 Å².